The number of benzene rings is 1. The van der Waals surface area contributed by atoms with Gasteiger partial charge in [-0.15, -0.1) is 0 Å². The molecule has 0 aliphatic rings. The first-order valence-corrected chi connectivity index (χ1v) is 6.30. The van der Waals surface area contributed by atoms with Crippen molar-refractivity contribution in [1.29, 1.82) is 0 Å². The zero-order valence-electron chi connectivity index (χ0n) is 7.57. The minimum Gasteiger partial charge on any atom is -0.443 e. The normalized spacial score (nSPS) is 11.2. The van der Waals surface area contributed by atoms with Crippen molar-refractivity contribution in [3.63, 3.8) is 0 Å². The lowest BCUT2D eigenvalue weighted by Crippen LogP contribution is -1.88. The average molecular weight is 184 g/mol. The molecule has 1 aromatic rings. The molecular formula is C9H13O2P. The van der Waals surface area contributed by atoms with Gasteiger partial charge in [0.1, 0.15) is 5.75 Å². The molecule has 0 aromatic heterocycles. The van der Waals surface area contributed by atoms with Crippen molar-refractivity contribution >= 4 is 7.37 Å². The second-order valence-corrected chi connectivity index (χ2v) is 5.85. The van der Waals surface area contributed by atoms with Crippen LogP contribution >= 0.6 is 7.37 Å². The summed E-state index contributed by atoms with van der Waals surface area (Å²) < 4.78 is 16.5. The van der Waals surface area contributed by atoms with E-state index < -0.39 is 7.37 Å². The maximum atomic E-state index is 11.3. The molecule has 0 atom stereocenters. The Morgan fingerprint density at radius 3 is 2.50 bits per heavy atom. The van der Waals surface area contributed by atoms with Gasteiger partial charge in [0.15, 0.2) is 0 Å². The smallest absolute Gasteiger partial charge is 0.242 e. The molecule has 66 valence electrons. The van der Waals surface area contributed by atoms with E-state index in [1.165, 1.54) is 0 Å². The van der Waals surface area contributed by atoms with Crippen molar-refractivity contribution < 1.29 is 9.09 Å². The summed E-state index contributed by atoms with van der Waals surface area (Å²) in [5, 5.41) is 0. The predicted molar refractivity (Wildman–Crippen MR) is 51.3 cm³/mol. The summed E-state index contributed by atoms with van der Waals surface area (Å²) in [7, 11) is -2.41. The summed E-state index contributed by atoms with van der Waals surface area (Å²) in [6.45, 7) is 5.19. The molecular weight excluding hydrogens is 171 g/mol. The standard InChI is InChI=1S/C9H13O2P/c1-8-5-4-6-9(7-8)11-12(2,3)10/h4-7H,1-3H3. The highest BCUT2D eigenvalue weighted by molar-refractivity contribution is 7.57. The predicted octanol–water partition coefficient (Wildman–Crippen LogP) is 2.91. The third-order valence-corrected chi connectivity index (χ3v) is 1.97. The van der Waals surface area contributed by atoms with E-state index in [4.69, 9.17) is 4.52 Å². The first kappa shape index (κ1) is 9.34. The van der Waals surface area contributed by atoms with Crippen LogP contribution in [0.15, 0.2) is 24.3 Å². The van der Waals surface area contributed by atoms with Crippen LogP contribution in [-0.2, 0) is 4.57 Å². The van der Waals surface area contributed by atoms with Crippen molar-refractivity contribution in [2.45, 2.75) is 6.92 Å². The van der Waals surface area contributed by atoms with Crippen LogP contribution in [0.25, 0.3) is 0 Å². The maximum Gasteiger partial charge on any atom is 0.242 e. The van der Waals surface area contributed by atoms with Gasteiger partial charge in [-0.2, -0.15) is 0 Å². The molecule has 0 saturated carbocycles. The van der Waals surface area contributed by atoms with E-state index in [1.807, 2.05) is 31.2 Å². The summed E-state index contributed by atoms with van der Waals surface area (Å²) in [5.74, 6) is 0.684. The van der Waals surface area contributed by atoms with Gasteiger partial charge in [-0.25, -0.2) is 0 Å². The van der Waals surface area contributed by atoms with Gasteiger partial charge in [-0.3, -0.25) is 4.57 Å². The molecule has 0 spiro atoms. The molecule has 0 fully saturated rings. The molecule has 0 unspecified atom stereocenters. The van der Waals surface area contributed by atoms with Crippen LogP contribution in [0, 0.1) is 6.92 Å². The molecule has 0 aliphatic carbocycles. The second kappa shape index (κ2) is 3.32. The Bertz CT molecular complexity index is 314. The third kappa shape index (κ3) is 3.10. The number of rotatable bonds is 2. The van der Waals surface area contributed by atoms with Crippen molar-refractivity contribution in [3.05, 3.63) is 29.8 Å². The largest absolute Gasteiger partial charge is 0.443 e. The first-order valence-electron chi connectivity index (χ1n) is 3.79. The number of hydrogen-bond acceptors (Lipinski definition) is 2. The van der Waals surface area contributed by atoms with E-state index in [2.05, 4.69) is 0 Å². The highest BCUT2D eigenvalue weighted by Crippen LogP contribution is 2.38. The van der Waals surface area contributed by atoms with Crippen molar-refractivity contribution in [2.24, 2.45) is 0 Å². The molecule has 12 heavy (non-hydrogen) atoms. The van der Waals surface area contributed by atoms with Crippen LogP contribution in [0.5, 0.6) is 5.75 Å². The van der Waals surface area contributed by atoms with Gasteiger partial charge in [-0.05, 0) is 24.6 Å². The molecule has 0 heterocycles. The van der Waals surface area contributed by atoms with Crippen LogP contribution in [0.1, 0.15) is 5.56 Å². The van der Waals surface area contributed by atoms with Crippen molar-refractivity contribution in [3.8, 4) is 5.75 Å². The summed E-state index contributed by atoms with van der Waals surface area (Å²) in [6, 6.07) is 7.55. The zero-order chi connectivity index (χ0) is 9.19. The summed E-state index contributed by atoms with van der Waals surface area (Å²) in [5.41, 5.74) is 1.11. The molecule has 3 heteroatoms. The Morgan fingerprint density at radius 1 is 1.33 bits per heavy atom. The Morgan fingerprint density at radius 2 is 2.00 bits per heavy atom. The van der Waals surface area contributed by atoms with Gasteiger partial charge in [0.25, 0.3) is 0 Å². The van der Waals surface area contributed by atoms with Crippen LogP contribution < -0.4 is 4.52 Å². The lowest BCUT2D eigenvalue weighted by atomic mass is 10.2. The second-order valence-electron chi connectivity index (χ2n) is 3.16. The molecule has 0 bridgehead atoms. The Balaban J connectivity index is 2.84. The fourth-order valence-electron chi connectivity index (χ4n) is 0.926. The van der Waals surface area contributed by atoms with E-state index in [9.17, 15) is 4.57 Å². The Hall–Kier alpha value is -0.750. The van der Waals surface area contributed by atoms with Gasteiger partial charge >= 0.3 is 0 Å². The van der Waals surface area contributed by atoms with E-state index >= 15 is 0 Å². The van der Waals surface area contributed by atoms with Crippen LogP contribution in [0.3, 0.4) is 0 Å². The quantitative estimate of drug-likeness (QED) is 0.660. The number of aryl methyl sites for hydroxylation is 1. The van der Waals surface area contributed by atoms with Gasteiger partial charge in [0, 0.05) is 13.3 Å². The fraction of sp³-hybridized carbons (Fsp3) is 0.333. The van der Waals surface area contributed by atoms with E-state index in [-0.39, 0.29) is 0 Å². The third-order valence-electron chi connectivity index (χ3n) is 1.31. The minimum atomic E-state index is -2.41. The Labute approximate surface area is 73.0 Å². The highest BCUT2D eigenvalue weighted by Gasteiger charge is 2.07. The minimum absolute atomic E-state index is 0.684. The summed E-state index contributed by atoms with van der Waals surface area (Å²) in [4.78, 5) is 0. The zero-order valence-corrected chi connectivity index (χ0v) is 8.47. The molecule has 0 aliphatic heterocycles. The van der Waals surface area contributed by atoms with Crippen molar-refractivity contribution in [1.82, 2.24) is 0 Å². The molecule has 0 amide bonds. The molecule has 2 nitrogen and oxygen atoms in total. The van der Waals surface area contributed by atoms with E-state index in [0.29, 0.717) is 5.75 Å². The highest BCUT2D eigenvalue weighted by atomic mass is 31.2. The average Bonchev–Trinajstić information content (AvgIpc) is 1.82. The lowest BCUT2D eigenvalue weighted by molar-refractivity contribution is 0.494. The topological polar surface area (TPSA) is 26.3 Å². The van der Waals surface area contributed by atoms with Gasteiger partial charge < -0.3 is 4.52 Å². The first-order chi connectivity index (χ1) is 5.47. The van der Waals surface area contributed by atoms with E-state index in [0.717, 1.165) is 5.56 Å². The van der Waals surface area contributed by atoms with Gasteiger partial charge in [0.2, 0.25) is 7.37 Å². The molecule has 0 radical (unpaired) electrons. The molecule has 0 saturated heterocycles. The number of hydrogen-bond donors (Lipinski definition) is 0. The summed E-state index contributed by atoms with van der Waals surface area (Å²) >= 11 is 0. The Kier molecular flexibility index (Phi) is 2.58. The van der Waals surface area contributed by atoms with Gasteiger partial charge in [-0.1, -0.05) is 12.1 Å². The van der Waals surface area contributed by atoms with Crippen LogP contribution in [-0.4, -0.2) is 13.3 Å². The SMILES string of the molecule is Cc1cccc(OP(C)(C)=O)c1. The van der Waals surface area contributed by atoms with Gasteiger partial charge in [0.05, 0.1) is 0 Å². The monoisotopic (exact) mass is 184 g/mol. The van der Waals surface area contributed by atoms with Crippen LogP contribution in [0.4, 0.5) is 0 Å². The van der Waals surface area contributed by atoms with E-state index in [1.54, 1.807) is 13.3 Å². The molecule has 1 rings (SSSR count). The summed E-state index contributed by atoms with van der Waals surface area (Å²) in [6.07, 6.45) is 0. The molecule has 0 N–H and O–H groups in total. The maximum absolute atomic E-state index is 11.3. The van der Waals surface area contributed by atoms with Crippen LogP contribution in [0.2, 0.25) is 0 Å². The lowest BCUT2D eigenvalue weighted by Gasteiger charge is -2.09. The van der Waals surface area contributed by atoms with Crippen molar-refractivity contribution in [2.75, 3.05) is 13.3 Å². The molecule has 1 aromatic carbocycles. The fourth-order valence-corrected chi connectivity index (χ4v) is 1.55.